The van der Waals surface area contributed by atoms with Crippen molar-refractivity contribution in [2.24, 2.45) is 0 Å². The van der Waals surface area contributed by atoms with Crippen molar-refractivity contribution in [3.63, 3.8) is 0 Å². The first-order valence-corrected chi connectivity index (χ1v) is 18.3. The van der Waals surface area contributed by atoms with E-state index in [1.54, 1.807) is 0 Å². The molecule has 0 aliphatic carbocycles. The van der Waals surface area contributed by atoms with Gasteiger partial charge in [0, 0.05) is 0 Å². The third-order valence-electron chi connectivity index (χ3n) is 0. The Morgan fingerprint density at radius 1 is 1.20 bits per heavy atom. The van der Waals surface area contributed by atoms with E-state index in [2.05, 4.69) is 42.0 Å². The normalized spacial score (nSPS) is 12.0. The van der Waals surface area contributed by atoms with Crippen LogP contribution in [0.15, 0.2) is 0 Å². The molecule has 0 N–H and O–H groups in total. The van der Waals surface area contributed by atoms with Gasteiger partial charge in [-0.25, -0.2) is 0 Å². The van der Waals surface area contributed by atoms with Gasteiger partial charge in [0.2, 0.25) is 0 Å². The van der Waals surface area contributed by atoms with Gasteiger partial charge in [-0.15, -0.1) is 0 Å². The van der Waals surface area contributed by atoms with Gasteiger partial charge in [-0.05, 0) is 0 Å². The zero-order valence-electron chi connectivity index (χ0n) is 2.01. The molecule has 5 heavy (non-hydrogen) atoms. The van der Waals surface area contributed by atoms with Crippen molar-refractivity contribution in [3.8, 4) is 0 Å². The predicted molar refractivity (Wildman–Crippen MR) is 38.4 cm³/mol. The van der Waals surface area contributed by atoms with Crippen molar-refractivity contribution in [3.05, 3.63) is 0 Å². The second-order valence-electron chi connectivity index (χ2n) is 0.429. The Hall–Kier alpha value is 2.27. The minimum absolute atomic E-state index is 2.09. The van der Waals surface area contributed by atoms with E-state index in [-0.39, 0.29) is 0 Å². The maximum atomic E-state index is 5.47. The number of halogens is 4. The molecule has 0 nitrogen and oxygen atoms in total. The van der Waals surface area contributed by atoms with Crippen LogP contribution in [-0.2, 0) is 0 Å². The van der Waals surface area contributed by atoms with Crippen molar-refractivity contribution in [2.45, 2.75) is 0 Å². The number of hydrogen-bond donors (Lipinski definition) is 0. The summed E-state index contributed by atoms with van der Waals surface area (Å²) in [6, 6.07) is 0. The van der Waals surface area contributed by atoms with Gasteiger partial charge in [-0.1, -0.05) is 0 Å². The van der Waals surface area contributed by atoms with Crippen molar-refractivity contribution in [1.82, 2.24) is 0 Å². The Morgan fingerprint density at radius 3 is 1.20 bits per heavy atom. The van der Waals surface area contributed by atoms with E-state index < -0.39 is 6.81 Å². The first-order valence-electron chi connectivity index (χ1n) is 0.756. The van der Waals surface area contributed by atoms with Crippen LogP contribution in [-0.4, -0.2) is 6.81 Å². The molecule has 0 aromatic heterocycles. The molecule has 0 rings (SSSR count). The van der Waals surface area contributed by atoms with E-state index in [1.807, 2.05) is 0 Å². The standard InChI is InChI=1S/Br3ClGe/c1-5(2,3)4. The summed E-state index contributed by atoms with van der Waals surface area (Å²) in [5, 5.41) is 0. The molecule has 0 aromatic carbocycles. The fourth-order valence-electron chi connectivity index (χ4n) is 0. The van der Waals surface area contributed by atoms with E-state index in [4.69, 9.17) is 10.0 Å². The van der Waals surface area contributed by atoms with Crippen LogP contribution < -0.4 is 0 Å². The SMILES string of the molecule is [Cl][Ge]([Br])([Br])[Br]. The first kappa shape index (κ1) is 7.27. The van der Waals surface area contributed by atoms with Crippen LogP contribution in [0.4, 0.5) is 0 Å². The molecule has 0 saturated carbocycles. The van der Waals surface area contributed by atoms with E-state index >= 15 is 0 Å². The molecule has 5 heteroatoms. The van der Waals surface area contributed by atoms with Gasteiger partial charge in [-0.3, -0.25) is 0 Å². The Morgan fingerprint density at radius 2 is 1.20 bits per heavy atom. The molecule has 0 amide bonds. The number of rotatable bonds is 0. The van der Waals surface area contributed by atoms with E-state index in [0.29, 0.717) is 0 Å². The van der Waals surface area contributed by atoms with Crippen LogP contribution in [0.25, 0.3) is 0 Å². The van der Waals surface area contributed by atoms with E-state index in [0.717, 1.165) is 0 Å². The van der Waals surface area contributed by atoms with Gasteiger partial charge in [0.25, 0.3) is 0 Å². The average molecular weight is 348 g/mol. The summed E-state index contributed by atoms with van der Waals surface area (Å²) < 4.78 is 0. The van der Waals surface area contributed by atoms with Crippen molar-refractivity contribution >= 4 is 58.8 Å². The molecule has 0 aliphatic heterocycles. The van der Waals surface area contributed by atoms with Crippen molar-refractivity contribution < 1.29 is 0 Å². The van der Waals surface area contributed by atoms with Gasteiger partial charge in [0.05, 0.1) is 0 Å². The van der Waals surface area contributed by atoms with Gasteiger partial charge >= 0.3 is 58.8 Å². The molecular weight excluding hydrogens is 348 g/mol. The van der Waals surface area contributed by atoms with Crippen LogP contribution in [0.5, 0.6) is 0 Å². The second kappa shape index (κ2) is 2.55. The molecule has 0 atom stereocenters. The molecule has 0 aliphatic rings. The monoisotopic (exact) mass is 346 g/mol. The summed E-state index contributed by atoms with van der Waals surface area (Å²) >= 11 is 9.48. The molecule has 0 saturated heterocycles. The predicted octanol–water partition coefficient (Wildman–Crippen LogP) is 2.85. The Labute approximate surface area is 58.0 Å². The molecular formula is Br3ClGe. The Balaban J connectivity index is 3.02. The van der Waals surface area contributed by atoms with Crippen LogP contribution in [0.3, 0.4) is 0 Å². The van der Waals surface area contributed by atoms with Gasteiger partial charge in [-0.2, -0.15) is 0 Å². The van der Waals surface area contributed by atoms with Gasteiger partial charge in [0.1, 0.15) is 0 Å². The molecule has 0 radical (unpaired) electrons. The second-order valence-corrected chi connectivity index (χ2v) is 47.4. The Bertz CT molecular complexity index is 22.4. The average Bonchev–Trinajstić information content (AvgIpc) is 0.722. The summed E-state index contributed by atoms with van der Waals surface area (Å²) in [5.74, 6) is 0. The minimum atomic E-state index is -2.09. The van der Waals surface area contributed by atoms with Crippen molar-refractivity contribution in [1.29, 1.82) is 0 Å². The topological polar surface area (TPSA) is 0 Å². The summed E-state index contributed by atoms with van der Waals surface area (Å²) in [6.07, 6.45) is 0. The number of hydrogen-bond acceptors (Lipinski definition) is 0. The molecule has 0 fully saturated rings. The summed E-state index contributed by atoms with van der Waals surface area (Å²) in [6.45, 7) is -2.09. The molecule has 0 aromatic rings. The molecule has 0 unspecified atom stereocenters. The fraction of sp³-hybridized carbons (Fsp3) is 0. The first-order chi connectivity index (χ1) is 2.00. The molecule has 32 valence electrons. The zero-order chi connectivity index (χ0) is 4.50. The van der Waals surface area contributed by atoms with Crippen LogP contribution in [0.1, 0.15) is 0 Å². The van der Waals surface area contributed by atoms with E-state index in [9.17, 15) is 0 Å². The summed E-state index contributed by atoms with van der Waals surface area (Å²) in [5.41, 5.74) is 0. The van der Waals surface area contributed by atoms with Gasteiger partial charge < -0.3 is 0 Å². The summed E-state index contributed by atoms with van der Waals surface area (Å²) in [4.78, 5) is 0. The molecule has 0 bridgehead atoms. The molecule has 0 spiro atoms. The fourth-order valence-corrected chi connectivity index (χ4v) is 0. The third-order valence-corrected chi connectivity index (χ3v) is 0. The third kappa shape index (κ3) is 22.2. The quantitative estimate of drug-likeness (QED) is 0.591. The van der Waals surface area contributed by atoms with Crippen LogP contribution >= 0.6 is 52.0 Å². The van der Waals surface area contributed by atoms with E-state index in [1.165, 1.54) is 0 Å². The Kier molecular flexibility index (Phi) is 3.71. The zero-order valence-corrected chi connectivity index (χ0v) is 9.62. The van der Waals surface area contributed by atoms with Crippen molar-refractivity contribution in [2.75, 3.05) is 0 Å². The molecule has 0 heterocycles. The van der Waals surface area contributed by atoms with Crippen LogP contribution in [0, 0.1) is 0 Å². The summed E-state index contributed by atoms with van der Waals surface area (Å²) in [7, 11) is 5.47. The maximum absolute atomic E-state index is 5.47. The van der Waals surface area contributed by atoms with Gasteiger partial charge in [0.15, 0.2) is 0 Å². The van der Waals surface area contributed by atoms with Crippen LogP contribution in [0.2, 0.25) is 0 Å².